The first-order chi connectivity index (χ1) is 14.7. The fourth-order valence-electron chi connectivity index (χ4n) is 3.77. The van der Waals surface area contributed by atoms with E-state index in [4.69, 9.17) is 0 Å². The molecule has 1 N–H and O–H groups in total. The SMILES string of the molecule is Cc1nc(N[C@H](C)c2cccc(C(F)F)c2F)c2cn([C@H]3C[C@H](F)C3)c(=O)c(F)c2n1. The molecular weight excluding hydrogens is 419 g/mol. The van der Waals surface area contributed by atoms with Crippen LogP contribution >= 0.6 is 0 Å². The highest BCUT2D eigenvalue weighted by Crippen LogP contribution is 2.35. The number of hydrogen-bond donors (Lipinski definition) is 1. The average molecular weight is 438 g/mol. The number of pyridine rings is 1. The van der Waals surface area contributed by atoms with Gasteiger partial charge >= 0.3 is 0 Å². The Labute approximate surface area is 173 Å². The van der Waals surface area contributed by atoms with E-state index in [-0.39, 0.29) is 41.0 Å². The molecule has 4 rings (SSSR count). The topological polar surface area (TPSA) is 59.8 Å². The van der Waals surface area contributed by atoms with Crippen molar-refractivity contribution in [2.45, 2.75) is 51.4 Å². The van der Waals surface area contributed by atoms with Crippen LogP contribution in [0.3, 0.4) is 0 Å². The molecule has 2 heterocycles. The fourth-order valence-corrected chi connectivity index (χ4v) is 3.77. The second kappa shape index (κ2) is 7.90. The molecule has 1 saturated carbocycles. The largest absolute Gasteiger partial charge is 0.363 e. The van der Waals surface area contributed by atoms with Gasteiger partial charge in [-0.1, -0.05) is 18.2 Å². The highest BCUT2D eigenvalue weighted by Gasteiger charge is 2.32. The zero-order chi connectivity index (χ0) is 22.4. The van der Waals surface area contributed by atoms with Gasteiger partial charge in [-0.15, -0.1) is 0 Å². The van der Waals surface area contributed by atoms with E-state index >= 15 is 0 Å². The lowest BCUT2D eigenvalue weighted by atomic mass is 9.90. The van der Waals surface area contributed by atoms with Crippen LogP contribution in [-0.2, 0) is 0 Å². The molecule has 3 aromatic rings. The molecule has 31 heavy (non-hydrogen) atoms. The Bertz CT molecular complexity index is 1210. The molecule has 0 aliphatic heterocycles. The Morgan fingerprint density at radius 2 is 1.81 bits per heavy atom. The monoisotopic (exact) mass is 438 g/mol. The number of nitrogens with zero attached hydrogens (tertiary/aromatic N) is 3. The number of fused-ring (bicyclic) bond motifs is 1. The third-order valence-electron chi connectivity index (χ3n) is 5.52. The third kappa shape index (κ3) is 3.75. The van der Waals surface area contributed by atoms with Gasteiger partial charge in [-0.2, -0.15) is 4.39 Å². The van der Waals surface area contributed by atoms with Crippen LogP contribution in [0, 0.1) is 18.6 Å². The summed E-state index contributed by atoms with van der Waals surface area (Å²) in [5, 5.41) is 3.07. The average Bonchev–Trinajstić information content (AvgIpc) is 2.69. The summed E-state index contributed by atoms with van der Waals surface area (Å²) in [6.07, 6.45) is -2.46. The molecule has 1 aromatic carbocycles. The van der Waals surface area contributed by atoms with E-state index in [1.165, 1.54) is 25.3 Å². The van der Waals surface area contributed by atoms with Crippen molar-refractivity contribution in [3.05, 3.63) is 63.3 Å². The normalized spacial score (nSPS) is 19.5. The molecular formula is C21H19F5N4O. The summed E-state index contributed by atoms with van der Waals surface area (Å²) in [7, 11) is 0. The quantitative estimate of drug-likeness (QED) is 0.559. The first-order valence-corrected chi connectivity index (χ1v) is 9.73. The minimum atomic E-state index is -2.97. The van der Waals surface area contributed by atoms with Crippen molar-refractivity contribution in [2.24, 2.45) is 0 Å². The highest BCUT2D eigenvalue weighted by molar-refractivity contribution is 5.88. The maximum absolute atomic E-state index is 14.8. The van der Waals surface area contributed by atoms with Gasteiger partial charge in [0, 0.05) is 17.8 Å². The number of benzene rings is 1. The summed E-state index contributed by atoms with van der Waals surface area (Å²) in [4.78, 5) is 20.6. The van der Waals surface area contributed by atoms with E-state index in [1.807, 2.05) is 0 Å². The molecule has 5 nitrogen and oxygen atoms in total. The van der Waals surface area contributed by atoms with E-state index in [1.54, 1.807) is 6.92 Å². The van der Waals surface area contributed by atoms with Crippen LogP contribution in [0.1, 0.15) is 55.2 Å². The molecule has 1 aliphatic rings. The lowest BCUT2D eigenvalue weighted by Crippen LogP contribution is -2.36. The number of hydrogen-bond acceptors (Lipinski definition) is 4. The zero-order valence-corrected chi connectivity index (χ0v) is 16.7. The number of nitrogens with one attached hydrogen (secondary N) is 1. The minimum absolute atomic E-state index is 0.0183. The molecule has 1 atom stereocenters. The number of halogens is 5. The molecule has 0 spiro atoms. The van der Waals surface area contributed by atoms with Gasteiger partial charge in [0.1, 0.15) is 29.1 Å². The fraction of sp³-hybridized carbons (Fsp3) is 0.381. The van der Waals surface area contributed by atoms with Gasteiger partial charge in [-0.05, 0) is 26.7 Å². The maximum atomic E-state index is 14.8. The third-order valence-corrected chi connectivity index (χ3v) is 5.52. The number of aromatic nitrogens is 3. The van der Waals surface area contributed by atoms with Crippen LogP contribution in [0.2, 0.25) is 0 Å². The van der Waals surface area contributed by atoms with Gasteiger partial charge in [0.15, 0.2) is 0 Å². The number of aryl methyl sites for hydroxylation is 1. The summed E-state index contributed by atoms with van der Waals surface area (Å²) in [6, 6.07) is 2.40. The van der Waals surface area contributed by atoms with Crippen molar-refractivity contribution in [1.29, 1.82) is 0 Å². The van der Waals surface area contributed by atoms with Gasteiger partial charge in [0.05, 0.1) is 17.0 Å². The number of rotatable bonds is 5. The number of alkyl halides is 3. The molecule has 0 radical (unpaired) electrons. The molecule has 164 valence electrons. The maximum Gasteiger partial charge on any atom is 0.289 e. The molecule has 1 fully saturated rings. The summed E-state index contributed by atoms with van der Waals surface area (Å²) in [5.74, 6) is -1.86. The molecule has 0 saturated heterocycles. The van der Waals surface area contributed by atoms with E-state index < -0.39 is 47.4 Å². The first-order valence-electron chi connectivity index (χ1n) is 9.73. The summed E-state index contributed by atoms with van der Waals surface area (Å²) in [6.45, 7) is 3.04. The van der Waals surface area contributed by atoms with E-state index in [2.05, 4.69) is 15.3 Å². The van der Waals surface area contributed by atoms with Crippen LogP contribution in [0.4, 0.5) is 27.8 Å². The summed E-state index contributed by atoms with van der Waals surface area (Å²) >= 11 is 0. The van der Waals surface area contributed by atoms with Crippen LogP contribution in [0.15, 0.2) is 29.2 Å². The predicted octanol–water partition coefficient (Wildman–Crippen LogP) is 5.16. The van der Waals surface area contributed by atoms with Crippen molar-refractivity contribution < 1.29 is 22.0 Å². The second-order valence-electron chi connectivity index (χ2n) is 7.68. The van der Waals surface area contributed by atoms with Crippen LogP contribution in [0.25, 0.3) is 10.9 Å². The molecule has 0 bridgehead atoms. The molecule has 10 heteroatoms. The Balaban J connectivity index is 1.79. The van der Waals surface area contributed by atoms with Crippen molar-refractivity contribution >= 4 is 16.7 Å². The second-order valence-corrected chi connectivity index (χ2v) is 7.68. The minimum Gasteiger partial charge on any atom is -0.363 e. The Morgan fingerprint density at radius 3 is 2.45 bits per heavy atom. The van der Waals surface area contributed by atoms with Gasteiger partial charge in [0.2, 0.25) is 5.82 Å². The zero-order valence-electron chi connectivity index (χ0n) is 16.7. The Hall–Kier alpha value is -3.04. The lowest BCUT2D eigenvalue weighted by Gasteiger charge is -2.31. The first kappa shape index (κ1) is 21.2. The standard InChI is InChI=1S/C21H19F5N4O/c1-9(13-4-3-5-14(16(13)23)19(25)26)27-20-15-8-30(12-6-11(22)7-12)21(31)17(24)18(15)28-10(2)29-20/h3-5,8-9,11-12,19H,6-7H2,1-2H3,(H,27,28,29)/t9-,11-,12-/m1/s1. The van der Waals surface area contributed by atoms with Crippen molar-refractivity contribution in [3.63, 3.8) is 0 Å². The lowest BCUT2D eigenvalue weighted by molar-refractivity contribution is 0.133. The smallest absolute Gasteiger partial charge is 0.289 e. The van der Waals surface area contributed by atoms with Crippen LogP contribution in [0.5, 0.6) is 0 Å². The van der Waals surface area contributed by atoms with E-state index in [9.17, 15) is 26.7 Å². The Kier molecular flexibility index (Phi) is 5.40. The van der Waals surface area contributed by atoms with Crippen molar-refractivity contribution in [3.8, 4) is 0 Å². The van der Waals surface area contributed by atoms with Crippen molar-refractivity contribution in [1.82, 2.24) is 14.5 Å². The summed E-state index contributed by atoms with van der Waals surface area (Å²) in [5.41, 5.74) is -1.87. The number of anilines is 1. The predicted molar refractivity (Wildman–Crippen MR) is 105 cm³/mol. The molecule has 0 amide bonds. The van der Waals surface area contributed by atoms with E-state index in [0.717, 1.165) is 10.6 Å². The Morgan fingerprint density at radius 1 is 1.13 bits per heavy atom. The molecule has 1 aliphatic carbocycles. The molecule has 2 aromatic heterocycles. The van der Waals surface area contributed by atoms with E-state index in [0.29, 0.717) is 0 Å². The van der Waals surface area contributed by atoms with Gasteiger partial charge in [-0.3, -0.25) is 4.79 Å². The van der Waals surface area contributed by atoms with Gasteiger partial charge < -0.3 is 9.88 Å². The van der Waals surface area contributed by atoms with Crippen molar-refractivity contribution in [2.75, 3.05) is 5.32 Å². The molecule has 0 unspecified atom stereocenters. The van der Waals surface area contributed by atoms with Gasteiger partial charge in [-0.25, -0.2) is 27.5 Å². The van der Waals surface area contributed by atoms with Crippen LogP contribution in [-0.4, -0.2) is 20.7 Å². The van der Waals surface area contributed by atoms with Crippen LogP contribution < -0.4 is 10.9 Å². The summed E-state index contributed by atoms with van der Waals surface area (Å²) < 4.78 is 69.9. The highest BCUT2D eigenvalue weighted by atomic mass is 19.3. The van der Waals surface area contributed by atoms with Gasteiger partial charge in [0.25, 0.3) is 12.0 Å².